The normalized spacial score (nSPS) is 10.8. The molecule has 3 rings (SSSR count). The van der Waals surface area contributed by atoms with Gasteiger partial charge in [0.2, 0.25) is 5.91 Å². The first-order valence-corrected chi connectivity index (χ1v) is 10.2. The Labute approximate surface area is 173 Å². The van der Waals surface area contributed by atoms with Gasteiger partial charge in [-0.1, -0.05) is 23.9 Å². The molecule has 0 saturated heterocycles. The third kappa shape index (κ3) is 5.36. The van der Waals surface area contributed by atoms with Crippen molar-refractivity contribution < 1.29 is 14.3 Å². The van der Waals surface area contributed by atoms with Gasteiger partial charge >= 0.3 is 0 Å². The zero-order valence-corrected chi connectivity index (χ0v) is 17.2. The van der Waals surface area contributed by atoms with E-state index < -0.39 is 0 Å². The molecule has 3 aromatic rings. The number of benzene rings is 2. The van der Waals surface area contributed by atoms with Crippen LogP contribution in [0.25, 0.3) is 10.9 Å². The van der Waals surface area contributed by atoms with E-state index in [9.17, 15) is 9.59 Å². The summed E-state index contributed by atoms with van der Waals surface area (Å²) in [6, 6.07) is 14.4. The van der Waals surface area contributed by atoms with Crippen LogP contribution in [0.5, 0.6) is 5.75 Å². The average Bonchev–Trinajstić information content (AvgIpc) is 2.73. The summed E-state index contributed by atoms with van der Waals surface area (Å²) in [5.74, 6) is 0.701. The molecule has 8 heteroatoms. The first-order valence-electron chi connectivity index (χ1n) is 9.26. The average molecular weight is 413 g/mol. The topological polar surface area (TPSA) is 82.5 Å². The number of ether oxygens (including phenoxy) is 2. The fourth-order valence-electron chi connectivity index (χ4n) is 2.77. The molecular weight excluding hydrogens is 390 g/mol. The summed E-state index contributed by atoms with van der Waals surface area (Å²) < 4.78 is 12.1. The number of nitrogens with zero attached hydrogens (tertiary/aromatic N) is 2. The molecule has 2 aromatic carbocycles. The van der Waals surface area contributed by atoms with Gasteiger partial charge < -0.3 is 14.8 Å². The Bertz CT molecular complexity index is 1030. The fraction of sp³-hybridized carbons (Fsp3) is 0.286. The highest BCUT2D eigenvalue weighted by molar-refractivity contribution is 7.99. The van der Waals surface area contributed by atoms with Crippen LogP contribution < -0.4 is 15.6 Å². The van der Waals surface area contributed by atoms with Crippen molar-refractivity contribution in [2.45, 2.75) is 18.6 Å². The number of para-hydroxylation sites is 1. The molecule has 0 fully saturated rings. The molecule has 152 valence electrons. The standard InChI is InChI=1S/C21H23N3O4S/c1-3-28-16-10-8-15(9-11-16)22-19(25)14-29-21-23-18-7-5-4-6-17(18)20(26)24(21)12-13-27-2/h4-11H,3,12-14H2,1-2H3,(H,22,25). The minimum atomic E-state index is -0.181. The fourth-order valence-corrected chi connectivity index (χ4v) is 3.59. The van der Waals surface area contributed by atoms with E-state index in [0.29, 0.717) is 41.5 Å². The molecule has 1 aromatic heterocycles. The first-order chi connectivity index (χ1) is 14.1. The number of carbonyl (C=O) groups excluding carboxylic acids is 1. The Kier molecular flexibility index (Phi) is 7.26. The Morgan fingerprint density at radius 1 is 1.17 bits per heavy atom. The van der Waals surface area contributed by atoms with Crippen LogP contribution in [0.4, 0.5) is 5.69 Å². The molecule has 0 spiro atoms. The zero-order valence-electron chi connectivity index (χ0n) is 16.4. The highest BCUT2D eigenvalue weighted by Gasteiger charge is 2.13. The van der Waals surface area contributed by atoms with Crippen LogP contribution in [0.3, 0.4) is 0 Å². The van der Waals surface area contributed by atoms with Crippen LogP contribution in [-0.2, 0) is 16.1 Å². The maximum Gasteiger partial charge on any atom is 0.262 e. The molecule has 1 amide bonds. The number of fused-ring (bicyclic) bond motifs is 1. The lowest BCUT2D eigenvalue weighted by Crippen LogP contribution is -2.26. The predicted molar refractivity (Wildman–Crippen MR) is 115 cm³/mol. The van der Waals surface area contributed by atoms with Gasteiger partial charge in [-0.05, 0) is 43.3 Å². The van der Waals surface area contributed by atoms with Crippen molar-refractivity contribution >= 4 is 34.3 Å². The Morgan fingerprint density at radius 2 is 1.93 bits per heavy atom. The van der Waals surface area contributed by atoms with Crippen molar-refractivity contribution in [3.8, 4) is 5.75 Å². The molecule has 7 nitrogen and oxygen atoms in total. The van der Waals surface area contributed by atoms with Gasteiger partial charge in [0.1, 0.15) is 5.75 Å². The van der Waals surface area contributed by atoms with E-state index in [2.05, 4.69) is 10.3 Å². The molecule has 0 aliphatic heterocycles. The molecule has 1 N–H and O–H groups in total. The van der Waals surface area contributed by atoms with E-state index in [1.54, 1.807) is 48.1 Å². The molecule has 0 unspecified atom stereocenters. The van der Waals surface area contributed by atoms with E-state index in [4.69, 9.17) is 9.47 Å². The Morgan fingerprint density at radius 3 is 2.66 bits per heavy atom. The molecule has 0 aliphatic rings. The first kappa shape index (κ1) is 20.9. The predicted octanol–water partition coefficient (Wildman–Crippen LogP) is 3.17. The number of nitrogens with one attached hydrogen (secondary N) is 1. The number of hydrogen-bond acceptors (Lipinski definition) is 6. The van der Waals surface area contributed by atoms with Gasteiger partial charge in [-0.25, -0.2) is 4.98 Å². The molecular formula is C21H23N3O4S. The third-order valence-electron chi connectivity index (χ3n) is 4.13. The highest BCUT2D eigenvalue weighted by Crippen LogP contribution is 2.19. The van der Waals surface area contributed by atoms with Gasteiger partial charge in [0.15, 0.2) is 5.16 Å². The van der Waals surface area contributed by atoms with Crippen molar-refractivity contribution in [1.29, 1.82) is 0 Å². The Hall–Kier alpha value is -2.84. The van der Waals surface area contributed by atoms with Gasteiger partial charge in [-0.15, -0.1) is 0 Å². The van der Waals surface area contributed by atoms with E-state index in [1.807, 2.05) is 19.1 Å². The largest absolute Gasteiger partial charge is 0.494 e. The van der Waals surface area contributed by atoms with Crippen molar-refractivity contribution in [1.82, 2.24) is 9.55 Å². The van der Waals surface area contributed by atoms with Crippen LogP contribution in [-0.4, -0.2) is 41.5 Å². The van der Waals surface area contributed by atoms with Crippen LogP contribution >= 0.6 is 11.8 Å². The van der Waals surface area contributed by atoms with E-state index >= 15 is 0 Å². The lowest BCUT2D eigenvalue weighted by molar-refractivity contribution is -0.113. The number of rotatable bonds is 9. The number of amides is 1. The van der Waals surface area contributed by atoms with Gasteiger partial charge in [-0.2, -0.15) is 0 Å². The molecule has 0 saturated carbocycles. The van der Waals surface area contributed by atoms with Gasteiger partial charge in [-0.3, -0.25) is 14.2 Å². The smallest absolute Gasteiger partial charge is 0.262 e. The van der Waals surface area contributed by atoms with Gasteiger partial charge in [0.05, 0.1) is 36.4 Å². The second-order valence-corrected chi connectivity index (χ2v) is 7.10. The Balaban J connectivity index is 1.73. The molecule has 29 heavy (non-hydrogen) atoms. The number of anilines is 1. The molecule has 0 bridgehead atoms. The van der Waals surface area contributed by atoms with Crippen LogP contribution in [0.1, 0.15) is 6.92 Å². The summed E-state index contributed by atoms with van der Waals surface area (Å²) in [7, 11) is 1.58. The molecule has 0 atom stereocenters. The number of thioether (sulfide) groups is 1. The summed E-state index contributed by atoms with van der Waals surface area (Å²) in [6.07, 6.45) is 0. The number of aromatic nitrogens is 2. The SMILES string of the molecule is CCOc1ccc(NC(=O)CSc2nc3ccccc3c(=O)n2CCOC)cc1. The third-order valence-corrected chi connectivity index (χ3v) is 5.10. The maximum absolute atomic E-state index is 12.8. The van der Waals surface area contributed by atoms with Crippen molar-refractivity contribution in [3.05, 3.63) is 58.9 Å². The molecule has 0 radical (unpaired) electrons. The monoisotopic (exact) mass is 413 g/mol. The maximum atomic E-state index is 12.8. The molecule has 1 heterocycles. The van der Waals surface area contributed by atoms with Crippen molar-refractivity contribution in [2.24, 2.45) is 0 Å². The van der Waals surface area contributed by atoms with E-state index in [0.717, 1.165) is 5.75 Å². The van der Waals surface area contributed by atoms with Gasteiger partial charge in [0, 0.05) is 12.8 Å². The lowest BCUT2D eigenvalue weighted by atomic mass is 10.2. The lowest BCUT2D eigenvalue weighted by Gasteiger charge is -2.13. The summed E-state index contributed by atoms with van der Waals surface area (Å²) in [5.41, 5.74) is 1.16. The summed E-state index contributed by atoms with van der Waals surface area (Å²) >= 11 is 1.22. The summed E-state index contributed by atoms with van der Waals surface area (Å²) in [6.45, 7) is 3.26. The van der Waals surface area contributed by atoms with Crippen LogP contribution in [0.2, 0.25) is 0 Å². The van der Waals surface area contributed by atoms with E-state index in [1.165, 1.54) is 11.8 Å². The number of carbonyl (C=O) groups is 1. The van der Waals surface area contributed by atoms with Crippen molar-refractivity contribution in [3.63, 3.8) is 0 Å². The van der Waals surface area contributed by atoms with Crippen LogP contribution in [0, 0.1) is 0 Å². The summed E-state index contributed by atoms with van der Waals surface area (Å²) in [4.78, 5) is 29.8. The number of methoxy groups -OCH3 is 1. The second kappa shape index (κ2) is 10.1. The van der Waals surface area contributed by atoms with Crippen LogP contribution in [0.15, 0.2) is 58.5 Å². The quantitative estimate of drug-likeness (QED) is 0.429. The van der Waals surface area contributed by atoms with E-state index in [-0.39, 0.29) is 17.2 Å². The number of hydrogen-bond donors (Lipinski definition) is 1. The minimum absolute atomic E-state index is 0.130. The minimum Gasteiger partial charge on any atom is -0.494 e. The molecule has 0 aliphatic carbocycles. The zero-order chi connectivity index (χ0) is 20.6. The highest BCUT2D eigenvalue weighted by atomic mass is 32.2. The van der Waals surface area contributed by atoms with Gasteiger partial charge in [0.25, 0.3) is 5.56 Å². The van der Waals surface area contributed by atoms with Crippen molar-refractivity contribution in [2.75, 3.05) is 31.4 Å². The second-order valence-electron chi connectivity index (χ2n) is 6.16. The summed E-state index contributed by atoms with van der Waals surface area (Å²) in [5, 5.41) is 3.88.